The summed E-state index contributed by atoms with van der Waals surface area (Å²) in [5.74, 6) is 0. The van der Waals surface area contributed by atoms with Crippen LogP contribution in [0, 0.1) is 5.41 Å². The molecule has 1 N–H and O–H groups in total. The van der Waals surface area contributed by atoms with Crippen LogP contribution in [-0.4, -0.2) is 19.8 Å². The van der Waals surface area contributed by atoms with Gasteiger partial charge in [0, 0.05) is 11.4 Å². The quantitative estimate of drug-likeness (QED) is 0.847. The minimum atomic E-state index is -3.35. The first-order valence-electron chi connectivity index (χ1n) is 6.94. The van der Waals surface area contributed by atoms with Crippen molar-refractivity contribution >= 4 is 21.6 Å². The standard InChI is InChI=1S/C15H22ClNO2S/c1-15(2,3)14(16)10-11-4-8-13(9-5-11)20(18,19)17-12-6-7-12/h4-5,8-9,12,14,17H,6-7,10H2,1-3H3. The summed E-state index contributed by atoms with van der Waals surface area (Å²) in [6.45, 7) is 6.30. The Morgan fingerprint density at radius 3 is 2.25 bits per heavy atom. The number of rotatable bonds is 5. The predicted octanol–water partition coefficient (Wildman–Crippen LogP) is 3.32. The van der Waals surface area contributed by atoms with Crippen LogP contribution in [0.15, 0.2) is 29.2 Å². The molecule has 1 fully saturated rings. The van der Waals surface area contributed by atoms with Crippen molar-refractivity contribution in [3.63, 3.8) is 0 Å². The highest BCUT2D eigenvalue weighted by Gasteiger charge is 2.28. The molecular formula is C15H22ClNO2S. The molecule has 2 rings (SSSR count). The molecule has 0 aliphatic heterocycles. The first-order chi connectivity index (χ1) is 9.18. The summed E-state index contributed by atoms with van der Waals surface area (Å²) in [6.07, 6.45) is 2.62. The van der Waals surface area contributed by atoms with Gasteiger partial charge in [0.25, 0.3) is 0 Å². The number of halogens is 1. The first kappa shape index (κ1) is 15.8. The molecule has 1 aromatic rings. The number of nitrogens with one attached hydrogen (secondary N) is 1. The van der Waals surface area contributed by atoms with Gasteiger partial charge in [-0.3, -0.25) is 0 Å². The number of hydrogen-bond acceptors (Lipinski definition) is 2. The Morgan fingerprint density at radius 2 is 1.80 bits per heavy atom. The van der Waals surface area contributed by atoms with Crippen LogP contribution in [0.4, 0.5) is 0 Å². The monoisotopic (exact) mass is 315 g/mol. The highest BCUT2D eigenvalue weighted by atomic mass is 35.5. The Bertz CT molecular complexity index is 557. The summed E-state index contributed by atoms with van der Waals surface area (Å²) in [4.78, 5) is 0.329. The second-order valence-corrected chi connectivity index (χ2v) is 8.82. The molecule has 112 valence electrons. The van der Waals surface area contributed by atoms with Crippen molar-refractivity contribution in [2.75, 3.05) is 0 Å². The van der Waals surface area contributed by atoms with E-state index in [0.29, 0.717) is 4.90 Å². The summed E-state index contributed by atoms with van der Waals surface area (Å²) in [6, 6.07) is 7.15. The molecule has 1 aliphatic carbocycles. The molecule has 1 aliphatic rings. The van der Waals surface area contributed by atoms with Crippen LogP contribution < -0.4 is 4.72 Å². The van der Waals surface area contributed by atoms with Crippen molar-refractivity contribution in [2.45, 2.75) is 56.3 Å². The third-order valence-electron chi connectivity index (χ3n) is 3.49. The molecule has 1 unspecified atom stereocenters. The summed E-state index contributed by atoms with van der Waals surface area (Å²) in [5.41, 5.74) is 1.09. The Labute approximate surface area is 126 Å². The number of benzene rings is 1. The van der Waals surface area contributed by atoms with Gasteiger partial charge < -0.3 is 0 Å². The molecule has 0 bridgehead atoms. The van der Waals surface area contributed by atoms with E-state index >= 15 is 0 Å². The minimum Gasteiger partial charge on any atom is -0.208 e. The van der Waals surface area contributed by atoms with E-state index < -0.39 is 10.0 Å². The van der Waals surface area contributed by atoms with Crippen LogP contribution in [0.25, 0.3) is 0 Å². The van der Waals surface area contributed by atoms with Gasteiger partial charge in [0.1, 0.15) is 0 Å². The summed E-state index contributed by atoms with van der Waals surface area (Å²) in [5, 5.41) is 0.0227. The van der Waals surface area contributed by atoms with Crippen molar-refractivity contribution in [3.8, 4) is 0 Å². The maximum absolute atomic E-state index is 12.0. The lowest BCUT2D eigenvalue weighted by Crippen LogP contribution is -2.25. The van der Waals surface area contributed by atoms with Crippen molar-refractivity contribution in [2.24, 2.45) is 5.41 Å². The molecule has 1 aromatic carbocycles. The Balaban J connectivity index is 2.06. The van der Waals surface area contributed by atoms with Crippen LogP contribution >= 0.6 is 11.6 Å². The second-order valence-electron chi connectivity index (χ2n) is 6.58. The van der Waals surface area contributed by atoms with Crippen molar-refractivity contribution < 1.29 is 8.42 Å². The van der Waals surface area contributed by atoms with Crippen molar-refractivity contribution in [1.82, 2.24) is 4.72 Å². The molecule has 5 heteroatoms. The zero-order valence-corrected chi connectivity index (χ0v) is 13.8. The lowest BCUT2D eigenvalue weighted by Gasteiger charge is -2.25. The highest BCUT2D eigenvalue weighted by Crippen LogP contribution is 2.28. The van der Waals surface area contributed by atoms with E-state index in [1.165, 1.54) is 0 Å². The number of alkyl halides is 1. The Morgan fingerprint density at radius 1 is 1.25 bits per heavy atom. The fourth-order valence-electron chi connectivity index (χ4n) is 1.81. The Hall–Kier alpha value is -0.580. The van der Waals surface area contributed by atoms with Gasteiger partial charge in [-0.05, 0) is 42.4 Å². The van der Waals surface area contributed by atoms with E-state index in [4.69, 9.17) is 11.6 Å². The highest BCUT2D eigenvalue weighted by molar-refractivity contribution is 7.89. The SMILES string of the molecule is CC(C)(C)C(Cl)Cc1ccc(S(=O)(=O)NC2CC2)cc1. The van der Waals surface area contributed by atoms with E-state index in [0.717, 1.165) is 24.8 Å². The van der Waals surface area contributed by atoms with Crippen LogP contribution in [0.3, 0.4) is 0 Å². The summed E-state index contributed by atoms with van der Waals surface area (Å²) in [7, 11) is -3.35. The average Bonchev–Trinajstić information content (AvgIpc) is 3.11. The van der Waals surface area contributed by atoms with Gasteiger partial charge in [-0.1, -0.05) is 32.9 Å². The zero-order valence-electron chi connectivity index (χ0n) is 12.2. The van der Waals surface area contributed by atoms with Crippen LogP contribution in [0.2, 0.25) is 0 Å². The van der Waals surface area contributed by atoms with Gasteiger partial charge >= 0.3 is 0 Å². The molecule has 0 saturated heterocycles. The normalized spacial score (nSPS) is 18.0. The molecule has 0 radical (unpaired) electrons. The van der Waals surface area contributed by atoms with Crippen LogP contribution in [0.1, 0.15) is 39.2 Å². The van der Waals surface area contributed by atoms with E-state index in [9.17, 15) is 8.42 Å². The molecule has 0 heterocycles. The van der Waals surface area contributed by atoms with Gasteiger partial charge in [0.05, 0.1) is 4.90 Å². The number of hydrogen-bond donors (Lipinski definition) is 1. The largest absolute Gasteiger partial charge is 0.240 e. The molecule has 20 heavy (non-hydrogen) atoms. The maximum Gasteiger partial charge on any atom is 0.240 e. The second kappa shape index (κ2) is 5.66. The van der Waals surface area contributed by atoms with Gasteiger partial charge in [0.15, 0.2) is 0 Å². The molecular weight excluding hydrogens is 294 g/mol. The lowest BCUT2D eigenvalue weighted by atomic mass is 9.88. The summed E-state index contributed by atoms with van der Waals surface area (Å²) >= 11 is 6.37. The molecule has 0 aromatic heterocycles. The van der Waals surface area contributed by atoms with Gasteiger partial charge in [-0.25, -0.2) is 13.1 Å². The minimum absolute atomic E-state index is 0.0227. The van der Waals surface area contributed by atoms with E-state index in [-0.39, 0.29) is 16.8 Å². The molecule has 0 amide bonds. The van der Waals surface area contributed by atoms with Crippen LogP contribution in [-0.2, 0) is 16.4 Å². The van der Waals surface area contributed by atoms with E-state index in [2.05, 4.69) is 25.5 Å². The maximum atomic E-state index is 12.0. The molecule has 1 atom stereocenters. The predicted molar refractivity (Wildman–Crippen MR) is 82.6 cm³/mol. The summed E-state index contributed by atoms with van der Waals surface area (Å²) < 4.78 is 26.8. The fraction of sp³-hybridized carbons (Fsp3) is 0.600. The molecule has 1 saturated carbocycles. The van der Waals surface area contributed by atoms with Crippen molar-refractivity contribution in [3.05, 3.63) is 29.8 Å². The first-order valence-corrected chi connectivity index (χ1v) is 8.86. The molecule has 3 nitrogen and oxygen atoms in total. The lowest BCUT2D eigenvalue weighted by molar-refractivity contribution is 0.386. The van der Waals surface area contributed by atoms with E-state index in [1.807, 2.05) is 12.1 Å². The van der Waals surface area contributed by atoms with Gasteiger partial charge in [0.2, 0.25) is 10.0 Å². The Kier molecular flexibility index (Phi) is 4.47. The van der Waals surface area contributed by atoms with Crippen LogP contribution in [0.5, 0.6) is 0 Å². The van der Waals surface area contributed by atoms with Gasteiger partial charge in [-0.15, -0.1) is 11.6 Å². The zero-order chi connectivity index (χ0) is 15.0. The topological polar surface area (TPSA) is 46.2 Å². The van der Waals surface area contributed by atoms with Crippen molar-refractivity contribution in [1.29, 1.82) is 0 Å². The van der Waals surface area contributed by atoms with Gasteiger partial charge in [-0.2, -0.15) is 0 Å². The third-order valence-corrected chi connectivity index (χ3v) is 5.83. The number of sulfonamides is 1. The third kappa shape index (κ3) is 4.21. The molecule has 0 spiro atoms. The fourth-order valence-corrected chi connectivity index (χ4v) is 3.29. The van der Waals surface area contributed by atoms with E-state index in [1.54, 1.807) is 12.1 Å². The average molecular weight is 316 g/mol. The smallest absolute Gasteiger partial charge is 0.208 e.